The van der Waals surface area contributed by atoms with Crippen LogP contribution >= 0.6 is 0 Å². The zero-order chi connectivity index (χ0) is 42.4. The largest absolute Gasteiger partial charge is 0.309 e. The smallest absolute Gasteiger partial charge is 0.0583 e. The van der Waals surface area contributed by atoms with E-state index in [1.165, 1.54) is 132 Å². The van der Waals surface area contributed by atoms with Gasteiger partial charge in [-0.25, -0.2) is 0 Å². The number of nitrogens with zero attached hydrogens (tertiary/aromatic N) is 4. The van der Waals surface area contributed by atoms with Gasteiger partial charge in [-0.1, -0.05) is 137 Å². The number of para-hydroxylation sites is 6. The van der Waals surface area contributed by atoms with Crippen LogP contribution in [0, 0.1) is 0 Å². The van der Waals surface area contributed by atoms with Gasteiger partial charge in [0.15, 0.2) is 0 Å². The molecule has 0 amide bonds. The van der Waals surface area contributed by atoms with Crippen molar-refractivity contribution in [2.24, 2.45) is 0 Å². The molecule has 302 valence electrons. The van der Waals surface area contributed by atoms with Crippen LogP contribution in [0.3, 0.4) is 0 Å². The summed E-state index contributed by atoms with van der Waals surface area (Å²) in [7, 11) is 0. The lowest BCUT2D eigenvalue weighted by Gasteiger charge is -2.40. The van der Waals surface area contributed by atoms with Crippen molar-refractivity contribution in [1.29, 1.82) is 0 Å². The quantitative estimate of drug-likeness (QED) is 0.166. The molecule has 4 aromatic heterocycles. The van der Waals surface area contributed by atoms with E-state index in [0.29, 0.717) is 0 Å². The molecule has 13 aromatic rings. The number of rotatable bonds is 2. The van der Waals surface area contributed by atoms with Crippen molar-refractivity contribution in [3.05, 3.63) is 204 Å². The maximum Gasteiger partial charge on any atom is 0.0583 e. The van der Waals surface area contributed by atoms with Crippen molar-refractivity contribution in [2.75, 3.05) is 0 Å². The minimum absolute atomic E-state index is 0.325. The first kappa shape index (κ1) is 34.7. The summed E-state index contributed by atoms with van der Waals surface area (Å²) in [6.07, 6.45) is 0. The third kappa shape index (κ3) is 4.06. The monoisotopic (exact) mass is 818 g/mol. The fourth-order valence-electron chi connectivity index (χ4n) is 12.5. The summed E-state index contributed by atoms with van der Waals surface area (Å²) in [5.74, 6) is 0. The van der Waals surface area contributed by atoms with E-state index in [0.717, 1.165) is 0 Å². The molecule has 0 atom stereocenters. The van der Waals surface area contributed by atoms with Crippen LogP contribution in [-0.2, 0) is 10.8 Å². The lowest BCUT2D eigenvalue weighted by molar-refractivity contribution is 0.610. The zero-order valence-corrected chi connectivity index (χ0v) is 36.1. The molecule has 4 nitrogen and oxygen atoms in total. The molecule has 6 heterocycles. The van der Waals surface area contributed by atoms with E-state index in [4.69, 9.17) is 0 Å². The van der Waals surface area contributed by atoms with Gasteiger partial charge in [0.05, 0.1) is 55.5 Å². The van der Waals surface area contributed by atoms with Crippen LogP contribution in [0.15, 0.2) is 182 Å². The Morgan fingerprint density at radius 3 is 0.844 bits per heavy atom. The Bertz CT molecular complexity index is 3870. The Kier molecular flexibility index (Phi) is 6.29. The fourth-order valence-corrected chi connectivity index (χ4v) is 12.5. The van der Waals surface area contributed by atoms with Crippen LogP contribution in [0.5, 0.6) is 0 Å². The molecular formula is C60H42N4. The summed E-state index contributed by atoms with van der Waals surface area (Å²) in [5, 5.41) is 10.3. The molecule has 0 saturated carbocycles. The van der Waals surface area contributed by atoms with Crippen LogP contribution in [0.2, 0.25) is 0 Å². The van der Waals surface area contributed by atoms with Gasteiger partial charge in [-0.15, -0.1) is 0 Å². The Morgan fingerprint density at radius 2 is 0.531 bits per heavy atom. The number of benzene rings is 9. The van der Waals surface area contributed by atoms with Crippen molar-refractivity contribution in [3.8, 4) is 22.7 Å². The molecule has 0 spiro atoms. The number of fused-ring (bicyclic) bond motifs is 16. The maximum atomic E-state index is 2.60. The predicted molar refractivity (Wildman–Crippen MR) is 268 cm³/mol. The topological polar surface area (TPSA) is 19.7 Å². The fraction of sp³-hybridized carbons (Fsp3) is 0.100. The first-order valence-corrected chi connectivity index (χ1v) is 22.6. The molecule has 0 aliphatic carbocycles. The molecule has 0 N–H and O–H groups in total. The molecular weight excluding hydrogens is 777 g/mol. The minimum Gasteiger partial charge on any atom is -0.309 e. The molecule has 0 saturated heterocycles. The summed E-state index contributed by atoms with van der Waals surface area (Å²) in [6, 6.07) is 68.6. The lowest BCUT2D eigenvalue weighted by atomic mass is 9.70. The maximum absolute atomic E-state index is 2.60. The van der Waals surface area contributed by atoms with Gasteiger partial charge in [-0.2, -0.15) is 0 Å². The standard InChI is InChI=1S/C60H42N4/c1-59(2)45-33-56-46(34-55(45)63-53-27-15-9-21-41(53)43-29-35(31-47(59)57(43)63)61-49-23-11-5-17-37(49)38-18-6-12-24-50(38)61)60(3,4)48-32-36(30-44-42-22-10-16-28-54(42)64(56)58(44)48)62-51-25-13-7-19-39(51)40-20-8-14-26-52(40)62/h5-34H,1-4H3. The highest BCUT2D eigenvalue weighted by atomic mass is 15.0. The summed E-state index contributed by atoms with van der Waals surface area (Å²) in [5.41, 5.74) is 19.7. The first-order chi connectivity index (χ1) is 31.3. The van der Waals surface area contributed by atoms with Gasteiger partial charge < -0.3 is 18.3 Å². The highest BCUT2D eigenvalue weighted by molar-refractivity contribution is 6.16. The third-order valence-corrected chi connectivity index (χ3v) is 15.5. The van der Waals surface area contributed by atoms with E-state index in [1.807, 2.05) is 0 Å². The Labute approximate surface area is 369 Å². The van der Waals surface area contributed by atoms with Crippen molar-refractivity contribution in [1.82, 2.24) is 18.3 Å². The first-order valence-electron chi connectivity index (χ1n) is 22.6. The van der Waals surface area contributed by atoms with Gasteiger partial charge in [0.2, 0.25) is 0 Å². The van der Waals surface area contributed by atoms with E-state index in [-0.39, 0.29) is 10.8 Å². The van der Waals surface area contributed by atoms with Crippen LogP contribution in [0.1, 0.15) is 49.9 Å². The second-order valence-corrected chi connectivity index (χ2v) is 19.4. The Balaban J connectivity index is 1.04. The van der Waals surface area contributed by atoms with E-state index < -0.39 is 0 Å². The second kappa shape index (κ2) is 11.6. The highest BCUT2D eigenvalue weighted by Crippen LogP contribution is 2.54. The second-order valence-electron chi connectivity index (χ2n) is 19.4. The van der Waals surface area contributed by atoms with Crippen molar-refractivity contribution < 1.29 is 0 Å². The van der Waals surface area contributed by atoms with Gasteiger partial charge in [0, 0.05) is 65.3 Å². The Hall–Kier alpha value is -7.82. The van der Waals surface area contributed by atoms with Crippen molar-refractivity contribution in [2.45, 2.75) is 38.5 Å². The number of hydrogen-bond acceptors (Lipinski definition) is 0. The van der Waals surface area contributed by atoms with Gasteiger partial charge >= 0.3 is 0 Å². The average molecular weight is 819 g/mol. The molecule has 2 aliphatic rings. The molecule has 4 heteroatoms. The molecule has 9 aromatic carbocycles. The van der Waals surface area contributed by atoms with Gasteiger partial charge in [-0.05, 0) is 95.1 Å². The zero-order valence-electron chi connectivity index (χ0n) is 36.1. The molecule has 0 fully saturated rings. The number of hydrogen-bond donors (Lipinski definition) is 0. The third-order valence-electron chi connectivity index (χ3n) is 15.5. The lowest BCUT2D eigenvalue weighted by Crippen LogP contribution is -2.31. The average Bonchev–Trinajstić information content (AvgIpc) is 4.05. The molecule has 64 heavy (non-hydrogen) atoms. The van der Waals surface area contributed by atoms with E-state index in [2.05, 4.69) is 228 Å². The molecule has 15 rings (SSSR count). The van der Waals surface area contributed by atoms with Crippen molar-refractivity contribution >= 4 is 87.2 Å². The summed E-state index contributed by atoms with van der Waals surface area (Å²) in [6.45, 7) is 9.81. The van der Waals surface area contributed by atoms with Gasteiger partial charge in [0.25, 0.3) is 0 Å². The summed E-state index contributed by atoms with van der Waals surface area (Å²) < 4.78 is 10.2. The molecule has 2 aliphatic heterocycles. The van der Waals surface area contributed by atoms with Crippen LogP contribution in [-0.4, -0.2) is 18.3 Å². The SMILES string of the molecule is CC1(C)c2cc3c(cc2-n2c4ccccc4c4cc(-n5c6ccccc6c6ccccc65)cc1c42)C(C)(C)c1cc(-n2c4ccccc4c4ccccc42)cc2c4ccccc4n-3c12. The number of aromatic nitrogens is 4. The van der Waals surface area contributed by atoms with Gasteiger partial charge in [0.1, 0.15) is 0 Å². The van der Waals surface area contributed by atoms with E-state index in [9.17, 15) is 0 Å². The highest BCUT2D eigenvalue weighted by Gasteiger charge is 2.42. The minimum atomic E-state index is -0.325. The van der Waals surface area contributed by atoms with E-state index >= 15 is 0 Å². The van der Waals surface area contributed by atoms with Crippen LogP contribution < -0.4 is 0 Å². The molecule has 0 unspecified atom stereocenters. The van der Waals surface area contributed by atoms with E-state index in [1.54, 1.807) is 0 Å². The Morgan fingerprint density at radius 1 is 0.266 bits per heavy atom. The predicted octanol–water partition coefficient (Wildman–Crippen LogP) is 15.4. The van der Waals surface area contributed by atoms with Crippen molar-refractivity contribution in [3.63, 3.8) is 0 Å². The van der Waals surface area contributed by atoms with Crippen LogP contribution in [0.25, 0.3) is 110 Å². The molecule has 0 bridgehead atoms. The normalized spacial score (nSPS) is 14.8. The van der Waals surface area contributed by atoms with Gasteiger partial charge in [-0.3, -0.25) is 0 Å². The summed E-state index contributed by atoms with van der Waals surface area (Å²) >= 11 is 0. The van der Waals surface area contributed by atoms with Crippen LogP contribution in [0.4, 0.5) is 0 Å². The molecule has 0 radical (unpaired) electrons. The summed E-state index contributed by atoms with van der Waals surface area (Å²) in [4.78, 5) is 0.